The summed E-state index contributed by atoms with van der Waals surface area (Å²) in [7, 11) is 1.34. The van der Waals surface area contributed by atoms with E-state index in [4.69, 9.17) is 22.1 Å². The van der Waals surface area contributed by atoms with Gasteiger partial charge in [-0.05, 0) is 13.0 Å². The highest BCUT2D eigenvalue weighted by molar-refractivity contribution is 6.31. The summed E-state index contributed by atoms with van der Waals surface area (Å²) in [5, 5.41) is 9.49. The molecule has 0 aromatic heterocycles. The van der Waals surface area contributed by atoms with Crippen LogP contribution < -0.4 is 10.5 Å². The minimum Gasteiger partial charge on any atom is -0.504 e. The third kappa shape index (κ3) is 1.91. The Morgan fingerprint density at radius 1 is 1.64 bits per heavy atom. The molecule has 78 valence electrons. The summed E-state index contributed by atoms with van der Waals surface area (Å²) in [5.74, 6) is -0.704. The van der Waals surface area contributed by atoms with Gasteiger partial charge < -0.3 is 15.6 Å². The molecule has 0 heterocycles. The molecule has 0 amide bonds. The molecular formula is C9H11ClFNO2. The average Bonchev–Trinajstić information content (AvgIpc) is 2.18. The number of ether oxygens (including phenoxy) is 1. The SMILES string of the molecule is COc1cc(F)c(Cl)c(CCN)c1O. The lowest BCUT2D eigenvalue weighted by Crippen LogP contribution is -2.05. The maximum Gasteiger partial charge on any atom is 0.163 e. The Bertz CT molecular complexity index is 344. The molecular weight excluding hydrogens is 209 g/mol. The first kappa shape index (κ1) is 11.1. The highest BCUT2D eigenvalue weighted by atomic mass is 35.5. The van der Waals surface area contributed by atoms with E-state index in [1.165, 1.54) is 7.11 Å². The molecule has 0 radical (unpaired) electrons. The van der Waals surface area contributed by atoms with Crippen LogP contribution in [-0.2, 0) is 6.42 Å². The summed E-state index contributed by atoms with van der Waals surface area (Å²) in [6.45, 7) is 0.278. The van der Waals surface area contributed by atoms with Crippen LogP contribution in [0.4, 0.5) is 4.39 Å². The van der Waals surface area contributed by atoms with Crippen molar-refractivity contribution in [2.45, 2.75) is 6.42 Å². The van der Waals surface area contributed by atoms with Gasteiger partial charge in [-0.1, -0.05) is 11.6 Å². The van der Waals surface area contributed by atoms with Crippen molar-refractivity contribution in [2.24, 2.45) is 5.73 Å². The van der Waals surface area contributed by atoms with E-state index in [-0.39, 0.29) is 28.6 Å². The third-order valence-electron chi connectivity index (χ3n) is 1.87. The number of benzene rings is 1. The van der Waals surface area contributed by atoms with Gasteiger partial charge in [0.05, 0.1) is 12.1 Å². The smallest absolute Gasteiger partial charge is 0.163 e. The van der Waals surface area contributed by atoms with Crippen molar-refractivity contribution in [3.05, 3.63) is 22.5 Å². The fourth-order valence-corrected chi connectivity index (χ4v) is 1.41. The Morgan fingerprint density at radius 3 is 2.79 bits per heavy atom. The van der Waals surface area contributed by atoms with Crippen molar-refractivity contribution in [3.8, 4) is 11.5 Å². The van der Waals surface area contributed by atoms with Crippen LogP contribution in [0.1, 0.15) is 5.56 Å². The second-order valence-electron chi connectivity index (χ2n) is 2.74. The molecule has 0 unspecified atom stereocenters. The first-order chi connectivity index (χ1) is 6.61. The van der Waals surface area contributed by atoms with Crippen LogP contribution in [0, 0.1) is 5.82 Å². The highest BCUT2D eigenvalue weighted by Crippen LogP contribution is 2.36. The lowest BCUT2D eigenvalue weighted by molar-refractivity contribution is 0.367. The quantitative estimate of drug-likeness (QED) is 0.814. The molecule has 3 N–H and O–H groups in total. The normalized spacial score (nSPS) is 10.3. The summed E-state index contributed by atoms with van der Waals surface area (Å²) >= 11 is 5.66. The summed E-state index contributed by atoms with van der Waals surface area (Å²) in [5.41, 5.74) is 5.59. The van der Waals surface area contributed by atoms with Gasteiger partial charge in [-0.3, -0.25) is 0 Å². The summed E-state index contributed by atoms with van der Waals surface area (Å²) < 4.78 is 17.9. The van der Waals surface area contributed by atoms with Gasteiger partial charge in [-0.25, -0.2) is 4.39 Å². The van der Waals surface area contributed by atoms with Crippen LogP contribution in [-0.4, -0.2) is 18.8 Å². The first-order valence-corrected chi connectivity index (χ1v) is 4.43. The summed E-state index contributed by atoms with van der Waals surface area (Å²) in [6.07, 6.45) is 0.304. The van der Waals surface area contributed by atoms with Gasteiger partial charge in [0.1, 0.15) is 5.82 Å². The molecule has 1 aromatic carbocycles. The van der Waals surface area contributed by atoms with Gasteiger partial charge in [-0.2, -0.15) is 0 Å². The molecule has 3 nitrogen and oxygen atoms in total. The predicted octanol–water partition coefficient (Wildman–Crippen LogP) is 1.69. The Kier molecular flexibility index (Phi) is 3.55. The fraction of sp³-hybridized carbons (Fsp3) is 0.333. The van der Waals surface area contributed by atoms with E-state index in [1.807, 2.05) is 0 Å². The zero-order valence-electron chi connectivity index (χ0n) is 7.68. The van der Waals surface area contributed by atoms with Gasteiger partial charge in [0.15, 0.2) is 11.5 Å². The average molecular weight is 220 g/mol. The molecule has 0 saturated carbocycles. The Labute approximate surface area is 86.2 Å². The molecule has 0 bridgehead atoms. The van der Waals surface area contributed by atoms with E-state index in [9.17, 15) is 9.50 Å². The van der Waals surface area contributed by atoms with Gasteiger partial charge in [0, 0.05) is 11.6 Å². The topological polar surface area (TPSA) is 55.5 Å². The van der Waals surface area contributed by atoms with Crippen LogP contribution in [0.15, 0.2) is 6.07 Å². The molecule has 5 heteroatoms. The Morgan fingerprint density at radius 2 is 2.29 bits per heavy atom. The zero-order valence-corrected chi connectivity index (χ0v) is 8.44. The number of nitrogens with two attached hydrogens (primary N) is 1. The second kappa shape index (κ2) is 4.48. The number of methoxy groups -OCH3 is 1. The van der Waals surface area contributed by atoms with Crippen LogP contribution >= 0.6 is 11.6 Å². The monoisotopic (exact) mass is 219 g/mol. The molecule has 0 aliphatic heterocycles. The minimum absolute atomic E-state index is 0.0651. The van der Waals surface area contributed by atoms with Crippen molar-refractivity contribution >= 4 is 11.6 Å². The third-order valence-corrected chi connectivity index (χ3v) is 2.27. The molecule has 1 rings (SSSR count). The molecule has 1 aromatic rings. The van der Waals surface area contributed by atoms with Gasteiger partial charge in [0.2, 0.25) is 0 Å². The summed E-state index contributed by atoms with van der Waals surface area (Å²) in [6, 6.07) is 1.04. The number of hydrogen-bond donors (Lipinski definition) is 2. The standard InChI is InChI=1S/C9H11ClFNO2/c1-14-7-4-6(11)8(10)5(2-3-12)9(7)13/h4,13H,2-3,12H2,1H3. The van der Waals surface area contributed by atoms with E-state index in [1.54, 1.807) is 0 Å². The van der Waals surface area contributed by atoms with Gasteiger partial charge in [0.25, 0.3) is 0 Å². The number of phenolic OH excluding ortho intramolecular Hbond substituents is 1. The van der Waals surface area contributed by atoms with Crippen LogP contribution in [0.3, 0.4) is 0 Å². The molecule has 0 aliphatic carbocycles. The maximum absolute atomic E-state index is 13.2. The first-order valence-electron chi connectivity index (χ1n) is 4.05. The van der Waals surface area contributed by atoms with Crippen molar-refractivity contribution in [1.82, 2.24) is 0 Å². The molecule has 0 atom stereocenters. The van der Waals surface area contributed by atoms with Crippen molar-refractivity contribution in [3.63, 3.8) is 0 Å². The molecule has 0 fully saturated rings. The van der Waals surface area contributed by atoms with E-state index in [0.717, 1.165) is 6.07 Å². The molecule has 0 spiro atoms. The zero-order chi connectivity index (χ0) is 10.7. The second-order valence-corrected chi connectivity index (χ2v) is 3.12. The van der Waals surface area contributed by atoms with Crippen molar-refractivity contribution in [1.29, 1.82) is 0 Å². The Balaban J connectivity index is 3.29. The highest BCUT2D eigenvalue weighted by Gasteiger charge is 2.16. The number of halogens is 2. The molecule has 0 saturated heterocycles. The lowest BCUT2D eigenvalue weighted by Gasteiger charge is -2.10. The van der Waals surface area contributed by atoms with Crippen LogP contribution in [0.5, 0.6) is 11.5 Å². The lowest BCUT2D eigenvalue weighted by atomic mass is 10.1. The largest absolute Gasteiger partial charge is 0.504 e. The van der Waals surface area contributed by atoms with E-state index in [2.05, 4.69) is 0 Å². The van der Waals surface area contributed by atoms with Gasteiger partial charge in [-0.15, -0.1) is 0 Å². The number of phenols is 1. The van der Waals surface area contributed by atoms with Crippen molar-refractivity contribution < 1.29 is 14.2 Å². The predicted molar refractivity (Wildman–Crippen MR) is 52.4 cm³/mol. The summed E-state index contributed by atoms with van der Waals surface area (Å²) in [4.78, 5) is 0. The van der Waals surface area contributed by atoms with Crippen LogP contribution in [0.2, 0.25) is 5.02 Å². The number of hydrogen-bond acceptors (Lipinski definition) is 3. The number of aromatic hydroxyl groups is 1. The maximum atomic E-state index is 13.2. The minimum atomic E-state index is -0.621. The molecule has 14 heavy (non-hydrogen) atoms. The Hall–Kier alpha value is -1.00. The van der Waals surface area contributed by atoms with Gasteiger partial charge >= 0.3 is 0 Å². The van der Waals surface area contributed by atoms with Crippen molar-refractivity contribution in [2.75, 3.05) is 13.7 Å². The molecule has 0 aliphatic rings. The number of rotatable bonds is 3. The fourth-order valence-electron chi connectivity index (χ4n) is 1.17. The van der Waals surface area contributed by atoms with E-state index in [0.29, 0.717) is 6.42 Å². The van der Waals surface area contributed by atoms with E-state index < -0.39 is 5.82 Å². The van der Waals surface area contributed by atoms with Crippen LogP contribution in [0.25, 0.3) is 0 Å². The van der Waals surface area contributed by atoms with E-state index >= 15 is 0 Å².